The van der Waals surface area contributed by atoms with E-state index in [-0.39, 0.29) is 11.1 Å². The fourth-order valence-corrected chi connectivity index (χ4v) is 3.72. The number of ether oxygens (including phenoxy) is 1. The highest BCUT2D eigenvalue weighted by molar-refractivity contribution is 8.19. The van der Waals surface area contributed by atoms with Crippen LogP contribution in [0.5, 0.6) is 5.75 Å². The van der Waals surface area contributed by atoms with E-state index in [1.165, 1.54) is 4.90 Å². The summed E-state index contributed by atoms with van der Waals surface area (Å²) < 4.78 is 7.15. The fraction of sp³-hybridized carbons (Fsp3) is 0.0476. The number of nitrogens with zero attached hydrogens (tertiary/aromatic N) is 2. The number of rotatable bonds is 4. The van der Waals surface area contributed by atoms with Crippen LogP contribution in [0.25, 0.3) is 11.8 Å². The average molecular weight is 376 g/mol. The first-order valence-electron chi connectivity index (χ1n) is 8.32. The zero-order valence-corrected chi connectivity index (χ0v) is 15.3. The molecule has 0 saturated carbocycles. The van der Waals surface area contributed by atoms with Crippen LogP contribution in [0.1, 0.15) is 5.69 Å². The van der Waals surface area contributed by atoms with Crippen molar-refractivity contribution in [2.45, 2.75) is 0 Å². The van der Waals surface area contributed by atoms with Crippen LogP contribution in [0.4, 0.5) is 10.5 Å². The third-order valence-electron chi connectivity index (χ3n) is 4.22. The highest BCUT2D eigenvalue weighted by Crippen LogP contribution is 2.35. The Morgan fingerprint density at radius 1 is 0.889 bits per heavy atom. The molecule has 134 valence electrons. The van der Waals surface area contributed by atoms with Gasteiger partial charge in [0, 0.05) is 17.6 Å². The Morgan fingerprint density at radius 3 is 2.33 bits per heavy atom. The van der Waals surface area contributed by atoms with Gasteiger partial charge in [-0.05, 0) is 66.4 Å². The number of hydrogen-bond acceptors (Lipinski definition) is 4. The van der Waals surface area contributed by atoms with Crippen LogP contribution in [0.15, 0.2) is 77.8 Å². The monoisotopic (exact) mass is 376 g/mol. The first-order chi connectivity index (χ1) is 13.2. The minimum atomic E-state index is -0.307. The Labute approximate surface area is 160 Å². The first kappa shape index (κ1) is 17.2. The van der Waals surface area contributed by atoms with Gasteiger partial charge in [-0.2, -0.15) is 0 Å². The van der Waals surface area contributed by atoms with Crippen molar-refractivity contribution in [2.75, 3.05) is 12.0 Å². The van der Waals surface area contributed by atoms with Gasteiger partial charge in [0.1, 0.15) is 5.75 Å². The second-order valence-corrected chi connectivity index (χ2v) is 6.85. The Morgan fingerprint density at radius 2 is 1.63 bits per heavy atom. The molecule has 1 aliphatic rings. The van der Waals surface area contributed by atoms with Crippen molar-refractivity contribution in [2.24, 2.45) is 0 Å². The van der Waals surface area contributed by atoms with Crippen molar-refractivity contribution in [3.63, 3.8) is 0 Å². The topological polar surface area (TPSA) is 51.5 Å². The quantitative estimate of drug-likeness (QED) is 0.618. The van der Waals surface area contributed by atoms with Gasteiger partial charge in [0.05, 0.1) is 17.7 Å². The van der Waals surface area contributed by atoms with Crippen LogP contribution < -0.4 is 9.64 Å². The molecule has 0 unspecified atom stereocenters. The van der Waals surface area contributed by atoms with E-state index in [9.17, 15) is 9.59 Å². The number of methoxy groups -OCH3 is 1. The van der Waals surface area contributed by atoms with E-state index in [0.29, 0.717) is 10.6 Å². The summed E-state index contributed by atoms with van der Waals surface area (Å²) in [6.07, 6.45) is 3.66. The molecular formula is C21H16N2O3S. The maximum absolute atomic E-state index is 12.8. The molecule has 2 amide bonds. The van der Waals surface area contributed by atoms with Gasteiger partial charge in [-0.3, -0.25) is 9.59 Å². The van der Waals surface area contributed by atoms with Gasteiger partial charge in [-0.1, -0.05) is 18.2 Å². The van der Waals surface area contributed by atoms with Crippen LogP contribution in [0.2, 0.25) is 0 Å². The molecule has 0 aliphatic carbocycles. The molecule has 1 saturated heterocycles. The van der Waals surface area contributed by atoms with Gasteiger partial charge >= 0.3 is 0 Å². The van der Waals surface area contributed by atoms with Gasteiger partial charge in [-0.15, -0.1) is 0 Å². The van der Waals surface area contributed by atoms with Crippen LogP contribution in [0, 0.1) is 0 Å². The number of thioether (sulfide) groups is 1. The van der Waals surface area contributed by atoms with Crippen molar-refractivity contribution in [3.05, 3.63) is 83.5 Å². The lowest BCUT2D eigenvalue weighted by Gasteiger charge is -2.11. The molecule has 1 fully saturated rings. The molecule has 2 heterocycles. The normalized spacial score (nSPS) is 15.6. The van der Waals surface area contributed by atoms with E-state index in [2.05, 4.69) is 0 Å². The summed E-state index contributed by atoms with van der Waals surface area (Å²) in [5, 5.41) is -0.292. The van der Waals surface area contributed by atoms with Crippen LogP contribution in [-0.4, -0.2) is 22.8 Å². The number of hydrogen-bond donors (Lipinski definition) is 0. The lowest BCUT2D eigenvalue weighted by Crippen LogP contribution is -2.27. The molecule has 5 nitrogen and oxygen atoms in total. The molecule has 0 atom stereocenters. The summed E-state index contributed by atoms with van der Waals surface area (Å²) in [6.45, 7) is 0. The molecule has 1 aromatic heterocycles. The Balaban J connectivity index is 1.66. The van der Waals surface area contributed by atoms with Gasteiger partial charge in [-0.25, -0.2) is 4.90 Å². The second kappa shape index (κ2) is 7.17. The Bertz CT molecular complexity index is 1020. The van der Waals surface area contributed by atoms with Gasteiger partial charge < -0.3 is 9.30 Å². The standard InChI is InChI=1S/C21H16N2O3S/c1-26-18-11-9-15(10-12-18)22-13-5-8-17(22)14-19-20(24)23(21(25)27-19)16-6-3-2-4-7-16/h2-14H,1H3/b19-14+. The van der Waals surface area contributed by atoms with Crippen molar-refractivity contribution < 1.29 is 14.3 Å². The molecule has 0 radical (unpaired) electrons. The summed E-state index contributed by atoms with van der Waals surface area (Å²) in [5.74, 6) is 0.468. The van der Waals surface area contributed by atoms with Crippen LogP contribution >= 0.6 is 11.8 Å². The minimum absolute atomic E-state index is 0.292. The number of anilines is 1. The fourth-order valence-electron chi connectivity index (χ4n) is 2.89. The molecule has 3 aromatic rings. The minimum Gasteiger partial charge on any atom is -0.497 e. The van der Waals surface area contributed by atoms with Crippen molar-refractivity contribution in [1.82, 2.24) is 4.57 Å². The maximum Gasteiger partial charge on any atom is 0.298 e. The van der Waals surface area contributed by atoms with Gasteiger partial charge in [0.2, 0.25) is 0 Å². The second-order valence-electron chi connectivity index (χ2n) is 5.85. The lowest BCUT2D eigenvalue weighted by atomic mass is 10.2. The molecule has 4 rings (SSSR count). The Hall–Kier alpha value is -3.25. The van der Waals surface area contributed by atoms with Crippen LogP contribution in [-0.2, 0) is 4.79 Å². The number of para-hydroxylation sites is 1. The number of benzene rings is 2. The molecule has 27 heavy (non-hydrogen) atoms. The van der Waals surface area contributed by atoms with Crippen molar-refractivity contribution in [3.8, 4) is 11.4 Å². The third-order valence-corrected chi connectivity index (χ3v) is 5.09. The average Bonchev–Trinajstić information content (AvgIpc) is 3.27. The Kier molecular flexibility index (Phi) is 4.56. The van der Waals surface area contributed by atoms with Crippen molar-refractivity contribution >= 4 is 34.7 Å². The summed E-state index contributed by atoms with van der Waals surface area (Å²) >= 11 is 0.950. The van der Waals surface area contributed by atoms with Crippen molar-refractivity contribution in [1.29, 1.82) is 0 Å². The molecule has 0 N–H and O–H groups in total. The van der Waals surface area contributed by atoms with Crippen LogP contribution in [0.3, 0.4) is 0 Å². The molecular weight excluding hydrogens is 360 g/mol. The number of carbonyl (C=O) groups excluding carboxylic acids is 2. The summed E-state index contributed by atoms with van der Waals surface area (Å²) in [7, 11) is 1.62. The SMILES string of the molecule is COc1ccc(-n2cccc2/C=C2/SC(=O)N(c3ccccc3)C2=O)cc1. The smallest absolute Gasteiger partial charge is 0.298 e. The largest absolute Gasteiger partial charge is 0.497 e. The summed E-state index contributed by atoms with van der Waals surface area (Å²) in [5.41, 5.74) is 2.34. The van der Waals surface area contributed by atoms with E-state index in [1.807, 2.05) is 53.2 Å². The summed E-state index contributed by atoms with van der Waals surface area (Å²) in [4.78, 5) is 26.7. The number of imide groups is 1. The maximum atomic E-state index is 12.8. The molecule has 0 spiro atoms. The number of aromatic nitrogens is 1. The molecule has 1 aliphatic heterocycles. The highest BCUT2D eigenvalue weighted by atomic mass is 32.2. The third kappa shape index (κ3) is 3.27. The highest BCUT2D eigenvalue weighted by Gasteiger charge is 2.36. The van der Waals surface area contributed by atoms with E-state index in [4.69, 9.17) is 4.74 Å². The van der Waals surface area contributed by atoms with E-state index >= 15 is 0 Å². The lowest BCUT2D eigenvalue weighted by molar-refractivity contribution is -0.113. The zero-order chi connectivity index (χ0) is 18.8. The first-order valence-corrected chi connectivity index (χ1v) is 9.14. The summed E-state index contributed by atoms with van der Waals surface area (Å²) in [6, 6.07) is 20.4. The molecule has 0 bridgehead atoms. The molecule has 6 heteroatoms. The number of amides is 2. The molecule has 2 aromatic carbocycles. The van der Waals surface area contributed by atoms with E-state index < -0.39 is 0 Å². The predicted molar refractivity (Wildman–Crippen MR) is 107 cm³/mol. The van der Waals surface area contributed by atoms with Gasteiger partial charge in [0.15, 0.2) is 0 Å². The zero-order valence-electron chi connectivity index (χ0n) is 14.5. The number of carbonyl (C=O) groups is 2. The predicted octanol–water partition coefficient (Wildman–Crippen LogP) is 4.73. The van der Waals surface area contributed by atoms with E-state index in [0.717, 1.165) is 28.9 Å². The van der Waals surface area contributed by atoms with E-state index in [1.54, 1.807) is 37.5 Å². The van der Waals surface area contributed by atoms with Gasteiger partial charge in [0.25, 0.3) is 11.1 Å².